The van der Waals surface area contributed by atoms with Gasteiger partial charge in [-0.05, 0) is 47.7 Å². The molecule has 2 aliphatic rings. The van der Waals surface area contributed by atoms with Crippen LogP contribution in [0.1, 0.15) is 41.8 Å². The van der Waals surface area contributed by atoms with Gasteiger partial charge in [-0.25, -0.2) is 4.68 Å². The highest BCUT2D eigenvalue weighted by molar-refractivity contribution is 6.00. The fourth-order valence-corrected chi connectivity index (χ4v) is 4.79. The number of methoxy groups -OCH3 is 3. The highest BCUT2D eigenvalue weighted by Gasteiger charge is 2.43. The van der Waals surface area contributed by atoms with Gasteiger partial charge < -0.3 is 19.5 Å². The fraction of sp³-hybridized carbons (Fsp3) is 0.320. The molecule has 1 N–H and O–H groups in total. The van der Waals surface area contributed by atoms with Crippen molar-refractivity contribution in [1.29, 1.82) is 0 Å². The summed E-state index contributed by atoms with van der Waals surface area (Å²) < 4.78 is 57.6. The average molecular weight is 500 g/mol. The Bertz CT molecular complexity index is 1370. The number of rotatable bonds is 5. The Labute approximate surface area is 204 Å². The summed E-state index contributed by atoms with van der Waals surface area (Å²) in [6, 6.07) is 11.4. The van der Waals surface area contributed by atoms with Crippen LogP contribution in [-0.2, 0) is 11.0 Å². The highest BCUT2D eigenvalue weighted by atomic mass is 19.4. The molecular formula is C25H23F3N4O4. The van der Waals surface area contributed by atoms with Gasteiger partial charge in [0.05, 0.1) is 21.3 Å². The van der Waals surface area contributed by atoms with E-state index in [-0.39, 0.29) is 24.1 Å². The van der Waals surface area contributed by atoms with E-state index in [4.69, 9.17) is 14.2 Å². The van der Waals surface area contributed by atoms with E-state index in [0.717, 1.165) is 10.2 Å². The lowest BCUT2D eigenvalue weighted by Gasteiger charge is -2.35. The van der Waals surface area contributed by atoms with Crippen LogP contribution in [0.2, 0.25) is 0 Å². The molecule has 0 radical (unpaired) electrons. The van der Waals surface area contributed by atoms with Crippen LogP contribution >= 0.6 is 0 Å². The molecule has 2 aromatic carbocycles. The molecule has 0 unspecified atom stereocenters. The van der Waals surface area contributed by atoms with E-state index >= 15 is 0 Å². The number of fused-ring (bicyclic) bond motifs is 1. The van der Waals surface area contributed by atoms with Crippen molar-refractivity contribution >= 4 is 11.7 Å². The number of alkyl halides is 3. The van der Waals surface area contributed by atoms with Crippen LogP contribution in [0.15, 0.2) is 53.7 Å². The highest BCUT2D eigenvalue weighted by Crippen LogP contribution is 2.46. The lowest BCUT2D eigenvalue weighted by atomic mass is 9.78. The topological polar surface area (TPSA) is 87.5 Å². The van der Waals surface area contributed by atoms with Gasteiger partial charge in [0.25, 0.3) is 5.82 Å². The number of benzene rings is 2. The van der Waals surface area contributed by atoms with E-state index in [1.54, 1.807) is 30.3 Å². The number of halogens is 3. The van der Waals surface area contributed by atoms with Gasteiger partial charge in [0, 0.05) is 17.7 Å². The minimum Gasteiger partial charge on any atom is -0.497 e. The standard InChI is InChI=1S/C25H23F3N4O4/c1-34-16-6-4-5-14(9-16)22-21-17(29-24-30-23(25(26,27)28)31-32(22)24)10-15(11-18(21)33)13-7-8-19(35-2)20(12-13)36-3/h4-9,12,15,22H,10-11H2,1-3H3,(H,29,30,31)/t15-,22+/m1/s1. The first kappa shape index (κ1) is 23.7. The smallest absolute Gasteiger partial charge is 0.453 e. The third-order valence-corrected chi connectivity index (χ3v) is 6.46. The Morgan fingerprint density at radius 3 is 2.44 bits per heavy atom. The molecule has 0 saturated carbocycles. The molecule has 0 bridgehead atoms. The quantitative estimate of drug-likeness (QED) is 0.542. The second-order valence-corrected chi connectivity index (χ2v) is 8.54. The number of aromatic nitrogens is 3. The number of carbonyl (C=O) groups excluding carboxylic acids is 1. The van der Waals surface area contributed by atoms with Gasteiger partial charge in [-0.3, -0.25) is 4.79 Å². The average Bonchev–Trinajstić information content (AvgIpc) is 3.31. The van der Waals surface area contributed by atoms with E-state index < -0.39 is 18.0 Å². The molecule has 1 aromatic heterocycles. The van der Waals surface area contributed by atoms with E-state index in [1.807, 2.05) is 12.1 Å². The number of carbonyl (C=O) groups is 1. The maximum atomic E-state index is 13.6. The zero-order chi connectivity index (χ0) is 25.6. The van der Waals surface area contributed by atoms with Crippen LogP contribution in [0.3, 0.4) is 0 Å². The summed E-state index contributed by atoms with van der Waals surface area (Å²) in [7, 11) is 4.56. The fourth-order valence-electron chi connectivity index (χ4n) is 4.79. The molecule has 36 heavy (non-hydrogen) atoms. The molecule has 2 atom stereocenters. The summed E-state index contributed by atoms with van der Waals surface area (Å²) in [5.41, 5.74) is 2.31. The molecule has 0 saturated heterocycles. The van der Waals surface area contributed by atoms with Crippen LogP contribution in [-0.4, -0.2) is 41.9 Å². The van der Waals surface area contributed by atoms with Crippen LogP contribution < -0.4 is 19.5 Å². The van der Waals surface area contributed by atoms with Crippen LogP contribution in [0, 0.1) is 0 Å². The number of ketones is 1. The van der Waals surface area contributed by atoms with Crippen LogP contribution in [0.5, 0.6) is 17.2 Å². The van der Waals surface area contributed by atoms with Gasteiger partial charge in [0.1, 0.15) is 11.8 Å². The van der Waals surface area contributed by atoms with Crippen molar-refractivity contribution in [3.8, 4) is 17.2 Å². The van der Waals surface area contributed by atoms with Gasteiger partial charge in [0.15, 0.2) is 17.3 Å². The molecule has 0 fully saturated rings. The summed E-state index contributed by atoms with van der Waals surface area (Å²) in [6.07, 6.45) is -4.17. The van der Waals surface area contributed by atoms with Crippen molar-refractivity contribution in [1.82, 2.24) is 14.8 Å². The number of nitrogens with one attached hydrogen (secondary N) is 1. The predicted octanol–water partition coefficient (Wildman–Crippen LogP) is 4.74. The Hall–Kier alpha value is -4.02. The Morgan fingerprint density at radius 1 is 0.972 bits per heavy atom. The number of allylic oxidation sites excluding steroid dienone is 2. The summed E-state index contributed by atoms with van der Waals surface area (Å²) >= 11 is 0. The minimum atomic E-state index is -4.74. The Morgan fingerprint density at radius 2 is 1.75 bits per heavy atom. The van der Waals surface area contributed by atoms with Crippen LogP contribution in [0.4, 0.5) is 19.1 Å². The van der Waals surface area contributed by atoms with Crippen molar-refractivity contribution < 1.29 is 32.2 Å². The second-order valence-electron chi connectivity index (χ2n) is 8.54. The van der Waals surface area contributed by atoms with Crippen molar-refractivity contribution in [2.45, 2.75) is 31.0 Å². The van der Waals surface area contributed by atoms with Crippen molar-refractivity contribution in [3.63, 3.8) is 0 Å². The molecule has 2 heterocycles. The van der Waals surface area contributed by atoms with Crippen molar-refractivity contribution in [2.75, 3.05) is 26.6 Å². The summed E-state index contributed by atoms with van der Waals surface area (Å²) in [5.74, 6) is -0.154. The number of hydrogen-bond donors (Lipinski definition) is 1. The molecule has 1 aliphatic heterocycles. The van der Waals surface area contributed by atoms with Gasteiger partial charge in [0.2, 0.25) is 5.95 Å². The van der Waals surface area contributed by atoms with Gasteiger partial charge in [-0.15, -0.1) is 5.10 Å². The molecule has 8 nitrogen and oxygen atoms in total. The van der Waals surface area contributed by atoms with Crippen molar-refractivity contribution in [3.05, 3.63) is 70.7 Å². The van der Waals surface area contributed by atoms with E-state index in [9.17, 15) is 18.0 Å². The summed E-state index contributed by atoms with van der Waals surface area (Å²) in [4.78, 5) is 17.3. The molecule has 0 spiro atoms. The minimum absolute atomic E-state index is 0.0744. The Kier molecular flexibility index (Phi) is 5.85. The van der Waals surface area contributed by atoms with Gasteiger partial charge >= 0.3 is 6.18 Å². The monoisotopic (exact) mass is 500 g/mol. The predicted molar refractivity (Wildman–Crippen MR) is 123 cm³/mol. The van der Waals surface area contributed by atoms with E-state index in [2.05, 4.69) is 15.4 Å². The number of hydrogen-bond acceptors (Lipinski definition) is 7. The maximum absolute atomic E-state index is 13.6. The normalized spacial score (nSPS) is 19.3. The number of Topliss-reactive ketones (excluding diaryl/α,β-unsaturated/α-hetero) is 1. The lowest BCUT2D eigenvalue weighted by molar-refractivity contribution is -0.145. The maximum Gasteiger partial charge on any atom is 0.453 e. The largest absolute Gasteiger partial charge is 0.497 e. The zero-order valence-electron chi connectivity index (χ0n) is 19.7. The zero-order valence-corrected chi connectivity index (χ0v) is 19.7. The van der Waals surface area contributed by atoms with E-state index in [1.165, 1.54) is 21.3 Å². The molecule has 0 amide bonds. The first-order valence-electron chi connectivity index (χ1n) is 11.2. The molecule has 1 aliphatic carbocycles. The number of ether oxygens (including phenoxy) is 3. The first-order chi connectivity index (χ1) is 17.2. The van der Waals surface area contributed by atoms with Gasteiger partial charge in [-0.2, -0.15) is 18.2 Å². The number of anilines is 1. The number of nitrogens with zero attached hydrogens (tertiary/aromatic N) is 3. The summed E-state index contributed by atoms with van der Waals surface area (Å²) in [6.45, 7) is 0. The van der Waals surface area contributed by atoms with E-state index in [0.29, 0.717) is 40.5 Å². The lowest BCUT2D eigenvalue weighted by Crippen LogP contribution is -2.33. The molecule has 188 valence electrons. The molecule has 3 aromatic rings. The molecular weight excluding hydrogens is 477 g/mol. The molecule has 5 rings (SSSR count). The third kappa shape index (κ3) is 4.04. The SMILES string of the molecule is COc1cccc([C@H]2C3=C(C[C@@H](c4ccc(OC)c(OC)c4)CC3=O)Nc3nc(C(F)(F)F)nn32)c1. The second kappa shape index (κ2) is 8.89. The first-order valence-corrected chi connectivity index (χ1v) is 11.2. The van der Waals surface area contributed by atoms with Crippen LogP contribution in [0.25, 0.3) is 0 Å². The molecule has 11 heteroatoms. The third-order valence-electron chi connectivity index (χ3n) is 6.46. The Balaban J connectivity index is 1.60. The van der Waals surface area contributed by atoms with Crippen molar-refractivity contribution in [2.24, 2.45) is 0 Å². The van der Waals surface area contributed by atoms with Gasteiger partial charge in [-0.1, -0.05) is 18.2 Å². The summed E-state index contributed by atoms with van der Waals surface area (Å²) in [5, 5.41) is 6.70.